The molecule has 0 spiro atoms. The zero-order valence-electron chi connectivity index (χ0n) is 35.1. The fraction of sp³-hybridized carbons (Fsp3) is 0.915. The first-order valence-corrected chi connectivity index (χ1v) is 23.2. The first kappa shape index (κ1) is 50.6. The molecule has 0 rings (SSSR count). The van der Waals surface area contributed by atoms with Crippen molar-refractivity contribution in [3.8, 4) is 0 Å². The quantitative estimate of drug-likeness (QED) is 0.0383. The van der Waals surface area contributed by atoms with Gasteiger partial charge in [0.05, 0.1) is 6.61 Å². The molecule has 1 atom stereocenters. The zero-order valence-corrected chi connectivity index (χ0v) is 35.1. The van der Waals surface area contributed by atoms with E-state index in [0.29, 0.717) is 12.8 Å². The van der Waals surface area contributed by atoms with E-state index in [2.05, 4.69) is 26.0 Å². The molecular formula is C47H90O5. The van der Waals surface area contributed by atoms with E-state index in [4.69, 9.17) is 9.47 Å². The number of ether oxygens (including phenoxy) is 2. The molecule has 1 N–H and O–H groups in total. The predicted octanol–water partition coefficient (Wildman–Crippen LogP) is 14.9. The van der Waals surface area contributed by atoms with E-state index < -0.39 is 6.10 Å². The maximum atomic E-state index is 12.2. The summed E-state index contributed by atoms with van der Waals surface area (Å²) >= 11 is 0. The summed E-state index contributed by atoms with van der Waals surface area (Å²) in [6, 6.07) is 0. The number of rotatable bonds is 43. The molecule has 0 heterocycles. The Labute approximate surface area is 324 Å². The van der Waals surface area contributed by atoms with Gasteiger partial charge >= 0.3 is 11.9 Å². The highest BCUT2D eigenvalue weighted by Crippen LogP contribution is 2.16. The van der Waals surface area contributed by atoms with Crippen LogP contribution in [0.15, 0.2) is 12.2 Å². The lowest BCUT2D eigenvalue weighted by atomic mass is 10.0. The molecule has 0 bridgehead atoms. The lowest BCUT2D eigenvalue weighted by molar-refractivity contribution is -0.161. The molecule has 0 aliphatic rings. The summed E-state index contributed by atoms with van der Waals surface area (Å²) in [4.78, 5) is 24.4. The average Bonchev–Trinajstić information content (AvgIpc) is 3.15. The van der Waals surface area contributed by atoms with Gasteiger partial charge in [0, 0.05) is 12.8 Å². The van der Waals surface area contributed by atoms with Crippen LogP contribution in [0.4, 0.5) is 0 Å². The molecule has 0 aromatic carbocycles. The van der Waals surface area contributed by atoms with Crippen LogP contribution in [0.5, 0.6) is 0 Å². The van der Waals surface area contributed by atoms with Gasteiger partial charge in [0.25, 0.3) is 0 Å². The number of carbonyl (C=O) groups is 2. The normalized spacial score (nSPS) is 12.1. The third-order valence-electron chi connectivity index (χ3n) is 10.6. The monoisotopic (exact) mass is 735 g/mol. The van der Waals surface area contributed by atoms with E-state index in [1.165, 1.54) is 193 Å². The SMILES string of the molecule is CCCCCCCCC=CCCCCCCCCCCCC(=O)OCC(CO)OC(=O)CCCCCCCCCCCCCCCCCCCCC. The molecule has 1 unspecified atom stereocenters. The first-order chi connectivity index (χ1) is 25.6. The van der Waals surface area contributed by atoms with Crippen LogP contribution in [0.2, 0.25) is 0 Å². The minimum absolute atomic E-state index is 0.0603. The van der Waals surface area contributed by atoms with Crippen LogP contribution in [0.25, 0.3) is 0 Å². The second-order valence-corrected chi connectivity index (χ2v) is 15.8. The van der Waals surface area contributed by atoms with E-state index in [0.717, 1.165) is 38.5 Å². The molecule has 308 valence electrons. The van der Waals surface area contributed by atoms with Gasteiger partial charge in [0.2, 0.25) is 0 Å². The summed E-state index contributed by atoms with van der Waals surface area (Å²) in [6.45, 7) is 4.17. The van der Waals surface area contributed by atoms with Gasteiger partial charge in [0.1, 0.15) is 6.61 Å². The van der Waals surface area contributed by atoms with Crippen molar-refractivity contribution in [1.82, 2.24) is 0 Å². The molecule has 0 fully saturated rings. The highest BCUT2D eigenvalue weighted by molar-refractivity contribution is 5.70. The number of esters is 2. The molecular weight excluding hydrogens is 645 g/mol. The fourth-order valence-electron chi connectivity index (χ4n) is 7.02. The Hall–Kier alpha value is -1.36. The molecule has 0 saturated carbocycles. The van der Waals surface area contributed by atoms with Crippen molar-refractivity contribution in [3.63, 3.8) is 0 Å². The average molecular weight is 735 g/mol. The van der Waals surface area contributed by atoms with Gasteiger partial charge < -0.3 is 14.6 Å². The Bertz CT molecular complexity index is 750. The van der Waals surface area contributed by atoms with Crippen molar-refractivity contribution in [2.75, 3.05) is 13.2 Å². The lowest BCUT2D eigenvalue weighted by Crippen LogP contribution is -2.28. The molecule has 0 aliphatic heterocycles. The Morgan fingerprint density at radius 1 is 0.423 bits per heavy atom. The third kappa shape index (κ3) is 41.4. The van der Waals surface area contributed by atoms with E-state index in [1.54, 1.807) is 0 Å². The lowest BCUT2D eigenvalue weighted by Gasteiger charge is -2.15. The molecule has 0 saturated heterocycles. The van der Waals surface area contributed by atoms with Crippen molar-refractivity contribution in [1.29, 1.82) is 0 Å². The first-order valence-electron chi connectivity index (χ1n) is 23.2. The molecule has 5 heteroatoms. The highest BCUT2D eigenvalue weighted by Gasteiger charge is 2.16. The maximum absolute atomic E-state index is 12.2. The van der Waals surface area contributed by atoms with Crippen LogP contribution < -0.4 is 0 Å². The summed E-state index contributed by atoms with van der Waals surface area (Å²) in [5, 5.41) is 9.60. The summed E-state index contributed by atoms with van der Waals surface area (Å²) in [6.07, 6.45) is 51.5. The second kappa shape index (κ2) is 44.0. The third-order valence-corrected chi connectivity index (χ3v) is 10.6. The van der Waals surface area contributed by atoms with Gasteiger partial charge in [-0.15, -0.1) is 0 Å². The Balaban J connectivity index is 3.47. The topological polar surface area (TPSA) is 72.8 Å². The van der Waals surface area contributed by atoms with Crippen molar-refractivity contribution >= 4 is 11.9 Å². The Morgan fingerprint density at radius 2 is 0.712 bits per heavy atom. The van der Waals surface area contributed by atoms with Crippen LogP contribution in [-0.2, 0) is 19.1 Å². The van der Waals surface area contributed by atoms with Crippen LogP contribution in [-0.4, -0.2) is 36.4 Å². The van der Waals surface area contributed by atoms with Crippen LogP contribution in [0.3, 0.4) is 0 Å². The summed E-state index contributed by atoms with van der Waals surface area (Å²) in [5.41, 5.74) is 0. The minimum atomic E-state index is -0.766. The highest BCUT2D eigenvalue weighted by atomic mass is 16.6. The number of aliphatic hydroxyl groups excluding tert-OH is 1. The molecule has 0 amide bonds. The summed E-state index contributed by atoms with van der Waals surface area (Å²) in [7, 11) is 0. The standard InChI is InChI=1S/C47H90O5/c1-3-5-7-9-11-13-15-17-19-21-23-25-27-29-31-33-35-37-39-41-46(49)51-44-45(43-48)52-47(50)42-40-38-36-34-32-30-28-26-24-22-20-18-16-14-12-10-8-6-4-2/h17,19,45,48H,3-16,18,20-44H2,1-2H3. The Morgan fingerprint density at radius 3 is 1.04 bits per heavy atom. The molecule has 5 nitrogen and oxygen atoms in total. The van der Waals surface area contributed by atoms with Crippen LogP contribution in [0, 0.1) is 0 Å². The molecule has 0 aliphatic carbocycles. The maximum Gasteiger partial charge on any atom is 0.306 e. The number of unbranched alkanes of at least 4 members (excludes halogenated alkanes) is 33. The molecule has 0 aromatic heterocycles. The van der Waals surface area contributed by atoms with E-state index in [9.17, 15) is 14.7 Å². The molecule has 0 radical (unpaired) electrons. The smallest absolute Gasteiger partial charge is 0.306 e. The zero-order chi connectivity index (χ0) is 37.8. The summed E-state index contributed by atoms with van der Waals surface area (Å²) < 4.78 is 10.7. The van der Waals surface area contributed by atoms with Gasteiger partial charge in [-0.1, -0.05) is 219 Å². The van der Waals surface area contributed by atoms with Crippen LogP contribution >= 0.6 is 0 Å². The Kier molecular flexibility index (Phi) is 42.9. The van der Waals surface area contributed by atoms with Crippen molar-refractivity contribution in [2.24, 2.45) is 0 Å². The van der Waals surface area contributed by atoms with E-state index in [-0.39, 0.29) is 25.2 Å². The van der Waals surface area contributed by atoms with Gasteiger partial charge in [-0.3, -0.25) is 9.59 Å². The van der Waals surface area contributed by atoms with Gasteiger partial charge in [0.15, 0.2) is 6.10 Å². The van der Waals surface area contributed by atoms with Gasteiger partial charge in [-0.25, -0.2) is 0 Å². The number of hydrogen-bond donors (Lipinski definition) is 1. The minimum Gasteiger partial charge on any atom is -0.462 e. The van der Waals surface area contributed by atoms with Crippen molar-refractivity contribution < 1.29 is 24.2 Å². The van der Waals surface area contributed by atoms with Crippen molar-refractivity contribution in [3.05, 3.63) is 12.2 Å². The van der Waals surface area contributed by atoms with Gasteiger partial charge in [-0.05, 0) is 38.5 Å². The number of aliphatic hydroxyl groups is 1. The summed E-state index contributed by atoms with van der Waals surface area (Å²) in [5.74, 6) is -0.577. The van der Waals surface area contributed by atoms with Gasteiger partial charge in [-0.2, -0.15) is 0 Å². The number of allylic oxidation sites excluding steroid dienone is 2. The largest absolute Gasteiger partial charge is 0.462 e. The van der Waals surface area contributed by atoms with Crippen LogP contribution in [0.1, 0.15) is 258 Å². The predicted molar refractivity (Wildman–Crippen MR) is 224 cm³/mol. The molecule has 0 aromatic rings. The molecule has 52 heavy (non-hydrogen) atoms. The fourth-order valence-corrected chi connectivity index (χ4v) is 7.02. The van der Waals surface area contributed by atoms with Crippen molar-refractivity contribution in [2.45, 2.75) is 264 Å². The number of carbonyl (C=O) groups excluding carboxylic acids is 2. The van der Waals surface area contributed by atoms with E-state index >= 15 is 0 Å². The van der Waals surface area contributed by atoms with E-state index in [1.807, 2.05) is 0 Å². The number of hydrogen-bond acceptors (Lipinski definition) is 5. The second-order valence-electron chi connectivity index (χ2n) is 15.8.